The fourth-order valence-corrected chi connectivity index (χ4v) is 3.13. The molecule has 0 radical (unpaired) electrons. The average Bonchev–Trinajstić information content (AvgIpc) is 3.09. The van der Waals surface area contributed by atoms with Crippen LogP contribution in [0.15, 0.2) is 46.8 Å². The maximum Gasteiger partial charge on any atom is 0.262 e. The van der Waals surface area contributed by atoms with E-state index in [0.29, 0.717) is 18.5 Å². The van der Waals surface area contributed by atoms with Gasteiger partial charge in [-0.15, -0.1) is 11.3 Å². The van der Waals surface area contributed by atoms with Crippen molar-refractivity contribution in [3.63, 3.8) is 0 Å². The summed E-state index contributed by atoms with van der Waals surface area (Å²) in [5, 5.41) is 5.27. The van der Waals surface area contributed by atoms with Gasteiger partial charge in [-0.25, -0.2) is 4.98 Å². The van der Waals surface area contributed by atoms with Gasteiger partial charge in [0.25, 0.3) is 5.56 Å². The molecule has 0 unspecified atom stereocenters. The van der Waals surface area contributed by atoms with E-state index in [2.05, 4.69) is 10.3 Å². The topological polar surface area (TPSA) is 73.2 Å². The van der Waals surface area contributed by atoms with Crippen molar-refractivity contribution >= 4 is 27.5 Å². The lowest BCUT2D eigenvalue weighted by Crippen LogP contribution is -2.27. The lowest BCUT2D eigenvalue weighted by molar-refractivity contribution is -0.121. The molecule has 1 N–H and O–H groups in total. The van der Waals surface area contributed by atoms with Crippen LogP contribution in [-0.4, -0.2) is 22.6 Å². The van der Waals surface area contributed by atoms with Gasteiger partial charge in [0, 0.05) is 25.1 Å². The standard InChI is InChI=1S/C17H17N3O3S/c1-23-14-5-3-2-4-12(14)10-18-15(21)6-8-20-11-19-16-13(17(20)22)7-9-24-16/h2-5,7,9,11H,6,8,10H2,1H3,(H,18,21). The Morgan fingerprint density at radius 3 is 3.00 bits per heavy atom. The van der Waals surface area contributed by atoms with E-state index in [-0.39, 0.29) is 17.9 Å². The Morgan fingerprint density at radius 2 is 2.17 bits per heavy atom. The minimum absolute atomic E-state index is 0.112. The quantitative estimate of drug-likeness (QED) is 0.744. The number of nitrogens with zero attached hydrogens (tertiary/aromatic N) is 2. The summed E-state index contributed by atoms with van der Waals surface area (Å²) in [4.78, 5) is 29.2. The monoisotopic (exact) mass is 343 g/mol. The molecule has 0 bridgehead atoms. The van der Waals surface area contributed by atoms with E-state index in [0.717, 1.165) is 16.1 Å². The molecular formula is C17H17N3O3S. The van der Waals surface area contributed by atoms with Crippen LogP contribution in [0.1, 0.15) is 12.0 Å². The first kappa shape index (κ1) is 16.2. The molecule has 6 nitrogen and oxygen atoms in total. The van der Waals surface area contributed by atoms with E-state index < -0.39 is 0 Å². The van der Waals surface area contributed by atoms with Crippen molar-refractivity contribution in [2.75, 3.05) is 7.11 Å². The van der Waals surface area contributed by atoms with E-state index >= 15 is 0 Å². The van der Waals surface area contributed by atoms with Crippen LogP contribution in [0.5, 0.6) is 5.75 Å². The summed E-state index contributed by atoms with van der Waals surface area (Å²) in [5.74, 6) is 0.611. The molecule has 2 aromatic heterocycles. The molecule has 3 aromatic rings. The SMILES string of the molecule is COc1ccccc1CNC(=O)CCn1cnc2sccc2c1=O. The normalized spacial score (nSPS) is 10.7. The number of fused-ring (bicyclic) bond motifs is 1. The number of hydrogen-bond acceptors (Lipinski definition) is 5. The number of aromatic nitrogens is 2. The molecule has 0 saturated heterocycles. The Balaban J connectivity index is 1.59. The van der Waals surface area contributed by atoms with Crippen molar-refractivity contribution in [2.24, 2.45) is 0 Å². The first-order chi connectivity index (χ1) is 11.7. The Morgan fingerprint density at radius 1 is 1.33 bits per heavy atom. The smallest absolute Gasteiger partial charge is 0.262 e. The largest absolute Gasteiger partial charge is 0.496 e. The van der Waals surface area contributed by atoms with Gasteiger partial charge >= 0.3 is 0 Å². The number of carbonyl (C=O) groups excluding carboxylic acids is 1. The summed E-state index contributed by atoms with van der Waals surface area (Å²) in [6.45, 7) is 0.689. The number of ether oxygens (including phenoxy) is 1. The number of thiophene rings is 1. The first-order valence-electron chi connectivity index (χ1n) is 7.50. The highest BCUT2D eigenvalue weighted by Crippen LogP contribution is 2.16. The van der Waals surface area contributed by atoms with Gasteiger partial charge in [0.15, 0.2) is 0 Å². The second-order valence-corrected chi connectivity index (χ2v) is 6.12. The Labute approximate surface area is 142 Å². The average molecular weight is 343 g/mol. The molecule has 0 aliphatic rings. The molecule has 2 heterocycles. The predicted molar refractivity (Wildman–Crippen MR) is 93.3 cm³/mol. The van der Waals surface area contributed by atoms with Crippen molar-refractivity contribution in [3.8, 4) is 5.75 Å². The molecule has 0 aliphatic heterocycles. The van der Waals surface area contributed by atoms with Gasteiger partial charge in [-0.2, -0.15) is 0 Å². The summed E-state index contributed by atoms with van der Waals surface area (Å²) in [5.41, 5.74) is 0.797. The minimum atomic E-state index is -0.127. The maximum atomic E-state index is 12.2. The van der Waals surface area contributed by atoms with E-state index in [1.165, 1.54) is 22.2 Å². The second kappa shape index (κ2) is 7.27. The summed E-state index contributed by atoms with van der Waals surface area (Å²) in [6.07, 6.45) is 1.71. The molecule has 24 heavy (non-hydrogen) atoms. The zero-order chi connectivity index (χ0) is 16.9. The van der Waals surface area contributed by atoms with Crippen molar-refractivity contribution in [1.29, 1.82) is 0 Å². The van der Waals surface area contributed by atoms with Crippen molar-refractivity contribution < 1.29 is 9.53 Å². The summed E-state index contributed by atoms with van der Waals surface area (Å²) in [6, 6.07) is 9.28. The van der Waals surface area contributed by atoms with Crippen LogP contribution in [-0.2, 0) is 17.9 Å². The third kappa shape index (κ3) is 3.46. The van der Waals surface area contributed by atoms with Crippen molar-refractivity contribution in [3.05, 3.63) is 58.0 Å². The molecule has 0 fully saturated rings. The maximum absolute atomic E-state index is 12.2. The van der Waals surface area contributed by atoms with Crippen LogP contribution in [0.2, 0.25) is 0 Å². The summed E-state index contributed by atoms with van der Waals surface area (Å²) >= 11 is 1.43. The van der Waals surface area contributed by atoms with E-state index in [9.17, 15) is 9.59 Å². The van der Waals surface area contributed by atoms with Crippen molar-refractivity contribution in [2.45, 2.75) is 19.5 Å². The Kier molecular flexibility index (Phi) is 4.90. The van der Waals surface area contributed by atoms with Gasteiger partial charge < -0.3 is 10.1 Å². The van der Waals surface area contributed by atoms with Gasteiger partial charge in [0.05, 0.1) is 18.8 Å². The number of aryl methyl sites for hydroxylation is 1. The van der Waals surface area contributed by atoms with Crippen LogP contribution in [0, 0.1) is 0 Å². The highest BCUT2D eigenvalue weighted by atomic mass is 32.1. The first-order valence-corrected chi connectivity index (χ1v) is 8.38. The third-order valence-corrected chi connectivity index (χ3v) is 4.52. The van der Waals surface area contributed by atoms with Gasteiger partial charge in [-0.3, -0.25) is 14.2 Å². The fourth-order valence-electron chi connectivity index (χ4n) is 2.41. The van der Waals surface area contributed by atoms with Gasteiger partial charge in [-0.05, 0) is 17.5 Å². The van der Waals surface area contributed by atoms with Crippen LogP contribution in [0.3, 0.4) is 0 Å². The molecule has 0 aliphatic carbocycles. The van der Waals surface area contributed by atoms with Gasteiger partial charge in [0.1, 0.15) is 10.6 Å². The number of methoxy groups -OCH3 is 1. The molecule has 3 rings (SSSR count). The molecule has 0 atom stereocenters. The summed E-state index contributed by atoms with van der Waals surface area (Å²) < 4.78 is 6.72. The molecule has 124 valence electrons. The molecule has 0 saturated carbocycles. The molecular weight excluding hydrogens is 326 g/mol. The van der Waals surface area contributed by atoms with Crippen molar-refractivity contribution in [1.82, 2.24) is 14.9 Å². The van der Waals surface area contributed by atoms with Crippen LogP contribution >= 0.6 is 11.3 Å². The van der Waals surface area contributed by atoms with E-state index in [4.69, 9.17) is 4.74 Å². The Hall–Kier alpha value is -2.67. The predicted octanol–water partition coefficient (Wildman–Crippen LogP) is 2.17. The number of carbonyl (C=O) groups is 1. The number of hydrogen-bond donors (Lipinski definition) is 1. The number of benzene rings is 1. The zero-order valence-electron chi connectivity index (χ0n) is 13.2. The van der Waals surface area contributed by atoms with Crippen LogP contribution < -0.4 is 15.6 Å². The van der Waals surface area contributed by atoms with Crippen LogP contribution in [0.4, 0.5) is 0 Å². The van der Waals surface area contributed by atoms with E-state index in [1.54, 1.807) is 13.2 Å². The number of para-hydroxylation sites is 1. The lowest BCUT2D eigenvalue weighted by Gasteiger charge is -2.10. The molecule has 1 amide bonds. The zero-order valence-corrected chi connectivity index (χ0v) is 14.0. The molecule has 7 heteroatoms. The number of nitrogens with one attached hydrogen (secondary N) is 1. The van der Waals surface area contributed by atoms with E-state index in [1.807, 2.05) is 29.6 Å². The highest BCUT2D eigenvalue weighted by molar-refractivity contribution is 7.16. The number of rotatable bonds is 6. The highest BCUT2D eigenvalue weighted by Gasteiger charge is 2.08. The third-order valence-electron chi connectivity index (χ3n) is 3.70. The molecule has 0 spiro atoms. The lowest BCUT2D eigenvalue weighted by atomic mass is 10.2. The number of amides is 1. The van der Waals surface area contributed by atoms with Crippen LogP contribution in [0.25, 0.3) is 10.2 Å². The van der Waals surface area contributed by atoms with Gasteiger partial charge in [-0.1, -0.05) is 18.2 Å². The second-order valence-electron chi connectivity index (χ2n) is 5.22. The molecule has 1 aromatic carbocycles. The minimum Gasteiger partial charge on any atom is -0.496 e. The summed E-state index contributed by atoms with van der Waals surface area (Å²) in [7, 11) is 1.60. The fraction of sp³-hybridized carbons (Fsp3) is 0.235. The van der Waals surface area contributed by atoms with Gasteiger partial charge in [0.2, 0.25) is 5.91 Å². The Bertz CT molecular complexity index is 917.